The average molecular weight is 325 g/mol. The number of nitrogens with zero attached hydrogens (tertiary/aromatic N) is 2. The lowest BCUT2D eigenvalue weighted by molar-refractivity contribution is -0.143. The van der Waals surface area contributed by atoms with Crippen LogP contribution in [0.2, 0.25) is 0 Å². The first-order chi connectivity index (χ1) is 11.6. The lowest BCUT2D eigenvalue weighted by Crippen LogP contribution is -2.40. The molecule has 1 aliphatic rings. The van der Waals surface area contributed by atoms with Gasteiger partial charge in [-0.3, -0.25) is 14.6 Å². The summed E-state index contributed by atoms with van der Waals surface area (Å²) in [7, 11) is 0. The van der Waals surface area contributed by atoms with Gasteiger partial charge in [0.2, 0.25) is 0 Å². The number of carboxylic acids is 1. The molecule has 3 N–H and O–H groups in total. The van der Waals surface area contributed by atoms with Crippen LogP contribution in [0.3, 0.4) is 0 Å². The molecule has 1 saturated heterocycles. The summed E-state index contributed by atoms with van der Waals surface area (Å²) >= 11 is 0. The monoisotopic (exact) mass is 325 g/mol. The van der Waals surface area contributed by atoms with Gasteiger partial charge in [0.25, 0.3) is 5.91 Å². The number of piperidine rings is 1. The third-order valence-corrected chi connectivity index (χ3v) is 4.40. The number of pyridine rings is 1. The number of rotatable bonds is 3. The molecule has 2 aromatic rings. The highest BCUT2D eigenvalue weighted by Crippen LogP contribution is 2.28. The number of hydrogen-bond acceptors (Lipinski definition) is 4. The molecule has 0 bridgehead atoms. The number of carbonyl (C=O) groups is 2. The fraction of sp³-hybridized carbons (Fsp3) is 0.278. The Hall–Kier alpha value is -2.89. The number of likely N-dealkylation sites (tertiary alicyclic amines) is 1. The highest BCUT2D eigenvalue weighted by atomic mass is 16.4. The largest absolute Gasteiger partial charge is 0.481 e. The summed E-state index contributed by atoms with van der Waals surface area (Å²) in [4.78, 5) is 29.7. The topological polar surface area (TPSA) is 96.5 Å². The number of amides is 1. The van der Waals surface area contributed by atoms with Crippen LogP contribution in [0.4, 0.5) is 5.69 Å². The lowest BCUT2D eigenvalue weighted by Gasteiger charge is -2.30. The van der Waals surface area contributed by atoms with Crippen LogP contribution in [0.25, 0.3) is 11.3 Å². The lowest BCUT2D eigenvalue weighted by atomic mass is 9.96. The Morgan fingerprint density at radius 3 is 2.42 bits per heavy atom. The van der Waals surface area contributed by atoms with E-state index >= 15 is 0 Å². The molecule has 1 aliphatic heterocycles. The standard InChI is InChI=1S/C18H19N3O3/c19-15-14(6-9-20-16(15)12-4-2-1-3-5-12)17(22)21-10-7-13(8-11-21)18(23)24/h1-6,9,13H,7-8,10-11,19H2,(H,23,24). The van der Waals surface area contributed by atoms with E-state index in [-0.39, 0.29) is 11.8 Å². The minimum absolute atomic E-state index is 0.170. The van der Waals surface area contributed by atoms with Crippen LogP contribution in [0.15, 0.2) is 42.6 Å². The van der Waals surface area contributed by atoms with E-state index in [0.29, 0.717) is 42.9 Å². The van der Waals surface area contributed by atoms with E-state index in [4.69, 9.17) is 10.8 Å². The van der Waals surface area contributed by atoms with Crippen LogP contribution >= 0.6 is 0 Å². The number of nitrogens with two attached hydrogens (primary N) is 1. The second-order valence-corrected chi connectivity index (χ2v) is 5.89. The Morgan fingerprint density at radius 1 is 1.12 bits per heavy atom. The maximum absolute atomic E-state index is 12.8. The third kappa shape index (κ3) is 3.08. The molecule has 24 heavy (non-hydrogen) atoms. The summed E-state index contributed by atoms with van der Waals surface area (Å²) in [6.45, 7) is 0.858. The van der Waals surface area contributed by atoms with Gasteiger partial charge in [-0.2, -0.15) is 0 Å². The molecule has 124 valence electrons. The molecule has 3 rings (SSSR count). The second-order valence-electron chi connectivity index (χ2n) is 5.89. The van der Waals surface area contributed by atoms with Crippen molar-refractivity contribution >= 4 is 17.6 Å². The van der Waals surface area contributed by atoms with Crippen molar-refractivity contribution in [2.45, 2.75) is 12.8 Å². The molecular weight excluding hydrogens is 306 g/mol. The molecule has 1 aromatic heterocycles. The van der Waals surface area contributed by atoms with Gasteiger partial charge < -0.3 is 15.7 Å². The van der Waals surface area contributed by atoms with Gasteiger partial charge in [-0.15, -0.1) is 0 Å². The van der Waals surface area contributed by atoms with Crippen molar-refractivity contribution < 1.29 is 14.7 Å². The van der Waals surface area contributed by atoms with Crippen molar-refractivity contribution in [1.29, 1.82) is 0 Å². The first-order valence-corrected chi connectivity index (χ1v) is 7.90. The van der Waals surface area contributed by atoms with Crippen LogP contribution in [-0.2, 0) is 4.79 Å². The zero-order valence-corrected chi connectivity index (χ0v) is 13.2. The molecular formula is C18H19N3O3. The highest BCUT2D eigenvalue weighted by Gasteiger charge is 2.28. The third-order valence-electron chi connectivity index (χ3n) is 4.40. The Morgan fingerprint density at radius 2 is 1.79 bits per heavy atom. The fourth-order valence-corrected chi connectivity index (χ4v) is 2.99. The van der Waals surface area contributed by atoms with Crippen molar-refractivity contribution in [3.8, 4) is 11.3 Å². The van der Waals surface area contributed by atoms with Crippen molar-refractivity contribution in [2.75, 3.05) is 18.8 Å². The van der Waals surface area contributed by atoms with Crippen LogP contribution in [0.5, 0.6) is 0 Å². The molecule has 0 unspecified atom stereocenters. The van der Waals surface area contributed by atoms with Gasteiger partial charge in [0.05, 0.1) is 22.9 Å². The summed E-state index contributed by atoms with van der Waals surface area (Å²) in [6.07, 6.45) is 2.52. The van der Waals surface area contributed by atoms with E-state index in [9.17, 15) is 9.59 Å². The average Bonchev–Trinajstić information content (AvgIpc) is 2.62. The number of benzene rings is 1. The maximum Gasteiger partial charge on any atom is 0.306 e. The summed E-state index contributed by atoms with van der Waals surface area (Å²) in [5.41, 5.74) is 8.41. The number of anilines is 1. The number of carboxylic acid groups (broad SMARTS) is 1. The summed E-state index contributed by atoms with van der Waals surface area (Å²) in [5, 5.41) is 9.05. The molecule has 0 atom stereocenters. The van der Waals surface area contributed by atoms with E-state index in [1.54, 1.807) is 17.2 Å². The van der Waals surface area contributed by atoms with Crippen molar-refractivity contribution in [3.05, 3.63) is 48.2 Å². The van der Waals surface area contributed by atoms with Gasteiger partial charge in [-0.25, -0.2) is 0 Å². The Kier molecular flexibility index (Phi) is 4.46. The molecule has 2 heterocycles. The van der Waals surface area contributed by atoms with Gasteiger partial charge in [0.1, 0.15) is 0 Å². The number of aromatic nitrogens is 1. The summed E-state index contributed by atoms with van der Waals surface area (Å²) in [6, 6.07) is 11.1. The Bertz CT molecular complexity index is 753. The normalized spacial score (nSPS) is 15.2. The van der Waals surface area contributed by atoms with Crippen LogP contribution in [0.1, 0.15) is 23.2 Å². The highest BCUT2D eigenvalue weighted by molar-refractivity contribution is 6.01. The van der Waals surface area contributed by atoms with Crippen molar-refractivity contribution in [3.63, 3.8) is 0 Å². The van der Waals surface area contributed by atoms with Crippen molar-refractivity contribution in [2.24, 2.45) is 5.92 Å². The minimum Gasteiger partial charge on any atom is -0.481 e. The van der Waals surface area contributed by atoms with Gasteiger partial charge in [0, 0.05) is 24.8 Å². The smallest absolute Gasteiger partial charge is 0.306 e. The van der Waals surface area contributed by atoms with E-state index in [0.717, 1.165) is 5.56 Å². The molecule has 0 aliphatic carbocycles. The van der Waals surface area contributed by atoms with Gasteiger partial charge in [0.15, 0.2) is 0 Å². The van der Waals surface area contributed by atoms with E-state index < -0.39 is 5.97 Å². The zero-order chi connectivity index (χ0) is 17.1. The molecule has 0 spiro atoms. The molecule has 0 saturated carbocycles. The summed E-state index contributed by atoms with van der Waals surface area (Å²) < 4.78 is 0. The predicted octanol–water partition coefficient (Wildman–Crippen LogP) is 2.27. The predicted molar refractivity (Wildman–Crippen MR) is 90.3 cm³/mol. The van der Waals surface area contributed by atoms with Gasteiger partial charge >= 0.3 is 5.97 Å². The van der Waals surface area contributed by atoms with Gasteiger partial charge in [-0.1, -0.05) is 30.3 Å². The SMILES string of the molecule is Nc1c(C(=O)N2CCC(C(=O)O)CC2)ccnc1-c1ccccc1. The number of aliphatic carboxylic acids is 1. The van der Waals surface area contributed by atoms with E-state index in [1.165, 1.54) is 0 Å². The number of carbonyl (C=O) groups excluding carboxylic acids is 1. The maximum atomic E-state index is 12.8. The summed E-state index contributed by atoms with van der Waals surface area (Å²) in [5.74, 6) is -1.34. The fourth-order valence-electron chi connectivity index (χ4n) is 2.99. The molecule has 1 amide bonds. The minimum atomic E-state index is -0.795. The zero-order valence-electron chi connectivity index (χ0n) is 13.2. The van der Waals surface area contributed by atoms with E-state index in [2.05, 4.69) is 4.98 Å². The van der Waals surface area contributed by atoms with Crippen LogP contribution < -0.4 is 5.73 Å². The second kappa shape index (κ2) is 6.70. The number of hydrogen-bond donors (Lipinski definition) is 2. The molecule has 1 aromatic carbocycles. The first-order valence-electron chi connectivity index (χ1n) is 7.90. The van der Waals surface area contributed by atoms with Crippen LogP contribution in [0, 0.1) is 5.92 Å². The molecule has 6 nitrogen and oxygen atoms in total. The molecule has 0 radical (unpaired) electrons. The Balaban J connectivity index is 1.83. The molecule has 6 heteroatoms. The van der Waals surface area contributed by atoms with Crippen LogP contribution in [-0.4, -0.2) is 40.0 Å². The Labute approximate surface area is 139 Å². The van der Waals surface area contributed by atoms with Gasteiger partial charge in [-0.05, 0) is 18.9 Å². The quantitative estimate of drug-likeness (QED) is 0.902. The first kappa shape index (κ1) is 16.0. The number of nitrogen functional groups attached to an aromatic ring is 1. The van der Waals surface area contributed by atoms with Crippen molar-refractivity contribution in [1.82, 2.24) is 9.88 Å². The molecule has 1 fully saturated rings. The van der Waals surface area contributed by atoms with E-state index in [1.807, 2.05) is 30.3 Å².